The summed E-state index contributed by atoms with van der Waals surface area (Å²) in [7, 11) is -2.26. The predicted octanol–water partition coefficient (Wildman–Crippen LogP) is -0.100. The van der Waals surface area contributed by atoms with Crippen molar-refractivity contribution in [2.75, 3.05) is 26.7 Å². The summed E-state index contributed by atoms with van der Waals surface area (Å²) >= 11 is 0. The van der Waals surface area contributed by atoms with Crippen LogP contribution in [-0.2, 0) is 19.6 Å². The van der Waals surface area contributed by atoms with Gasteiger partial charge in [0.1, 0.15) is 0 Å². The van der Waals surface area contributed by atoms with Gasteiger partial charge in [-0.05, 0) is 26.8 Å². The van der Waals surface area contributed by atoms with Gasteiger partial charge in [-0.3, -0.25) is 4.90 Å². The summed E-state index contributed by atoms with van der Waals surface area (Å²) in [6.45, 7) is 4.07. The first-order valence-corrected chi connectivity index (χ1v) is 7.76. The Morgan fingerprint density at radius 1 is 1.53 bits per heavy atom. The number of hydrogen-bond donors (Lipinski definition) is 1. The van der Waals surface area contributed by atoms with Crippen molar-refractivity contribution in [1.82, 2.24) is 9.62 Å². The highest BCUT2D eigenvalue weighted by Crippen LogP contribution is 2.17. The fourth-order valence-electron chi connectivity index (χ4n) is 2.07. The molecule has 2 atom stereocenters. The van der Waals surface area contributed by atoms with Crippen molar-refractivity contribution < 1.29 is 22.3 Å². The molecule has 1 aliphatic heterocycles. The molecular formula is C11H21FN2O4S. The van der Waals surface area contributed by atoms with Crippen LogP contribution in [0.5, 0.6) is 0 Å². The highest BCUT2D eigenvalue weighted by atomic mass is 32.2. The summed E-state index contributed by atoms with van der Waals surface area (Å²) in [5, 5.41) is -0.556. The zero-order valence-electron chi connectivity index (χ0n) is 11.4. The molecule has 0 amide bonds. The number of nitrogens with zero attached hydrogens (tertiary/aromatic N) is 1. The van der Waals surface area contributed by atoms with E-state index in [-0.39, 0.29) is 19.1 Å². The van der Waals surface area contributed by atoms with Crippen molar-refractivity contribution >= 4 is 16.0 Å². The molecule has 0 aromatic heterocycles. The maximum Gasteiger partial charge on any atom is 0.341 e. The maximum absolute atomic E-state index is 13.4. The molecule has 112 valence electrons. The summed E-state index contributed by atoms with van der Waals surface area (Å²) in [4.78, 5) is 12.6. The van der Waals surface area contributed by atoms with Gasteiger partial charge in [-0.2, -0.15) is 0 Å². The summed E-state index contributed by atoms with van der Waals surface area (Å²) in [5.74, 6) is -0.924. The molecule has 0 bridgehead atoms. The Morgan fingerprint density at radius 3 is 2.68 bits per heavy atom. The second kappa shape index (κ2) is 6.62. The molecule has 1 heterocycles. The molecule has 1 aliphatic rings. The zero-order valence-corrected chi connectivity index (χ0v) is 12.2. The second-order valence-electron chi connectivity index (χ2n) is 4.98. The third-order valence-corrected chi connectivity index (χ3v) is 5.01. The van der Waals surface area contributed by atoms with Gasteiger partial charge in [0, 0.05) is 19.1 Å². The summed E-state index contributed by atoms with van der Waals surface area (Å²) in [5.41, 5.74) is 0. The number of carbonyl (C=O) groups is 1. The molecule has 0 aromatic rings. The van der Waals surface area contributed by atoms with E-state index in [0.29, 0.717) is 13.0 Å². The van der Waals surface area contributed by atoms with Gasteiger partial charge in [0.2, 0.25) is 16.2 Å². The van der Waals surface area contributed by atoms with Crippen molar-refractivity contribution in [3.8, 4) is 0 Å². The number of methoxy groups -OCH3 is 1. The average molecular weight is 296 g/mol. The molecule has 0 aromatic carbocycles. The van der Waals surface area contributed by atoms with Gasteiger partial charge in [0.15, 0.2) is 0 Å². The zero-order chi connectivity index (χ0) is 14.6. The Morgan fingerprint density at radius 2 is 2.16 bits per heavy atom. The first-order valence-electron chi connectivity index (χ1n) is 6.21. The van der Waals surface area contributed by atoms with E-state index in [1.165, 1.54) is 0 Å². The molecular weight excluding hydrogens is 275 g/mol. The molecule has 0 spiro atoms. The minimum Gasteiger partial charge on any atom is -0.467 e. The van der Waals surface area contributed by atoms with Crippen molar-refractivity contribution in [2.24, 2.45) is 0 Å². The number of sulfonamides is 1. The lowest BCUT2D eigenvalue weighted by atomic mass is 10.3. The van der Waals surface area contributed by atoms with E-state index in [1.807, 2.05) is 0 Å². The number of carbonyl (C=O) groups excluding carboxylic acids is 1. The predicted molar refractivity (Wildman–Crippen MR) is 68.9 cm³/mol. The molecule has 8 heteroatoms. The number of likely N-dealkylation sites (tertiary alicyclic amines) is 1. The Kier molecular flexibility index (Phi) is 5.69. The van der Waals surface area contributed by atoms with Crippen LogP contribution in [0.1, 0.15) is 20.3 Å². The normalized spacial score (nSPS) is 22.7. The van der Waals surface area contributed by atoms with E-state index in [9.17, 15) is 17.6 Å². The van der Waals surface area contributed by atoms with Gasteiger partial charge in [0.05, 0.1) is 12.4 Å². The van der Waals surface area contributed by atoms with Gasteiger partial charge in [-0.15, -0.1) is 0 Å². The number of ether oxygens (including phenoxy) is 1. The first-order chi connectivity index (χ1) is 8.76. The Balaban J connectivity index is 2.52. The van der Waals surface area contributed by atoms with E-state index in [0.717, 1.165) is 7.11 Å². The fraction of sp³-hybridized carbons (Fsp3) is 0.909. The molecule has 19 heavy (non-hydrogen) atoms. The molecule has 1 rings (SSSR count). The van der Waals surface area contributed by atoms with Gasteiger partial charge < -0.3 is 4.74 Å². The van der Waals surface area contributed by atoms with Crippen LogP contribution in [0.2, 0.25) is 0 Å². The Bertz CT molecular complexity index is 413. The van der Waals surface area contributed by atoms with Gasteiger partial charge >= 0.3 is 5.97 Å². The van der Waals surface area contributed by atoms with Crippen molar-refractivity contribution in [1.29, 1.82) is 0 Å². The lowest BCUT2D eigenvalue weighted by Crippen LogP contribution is -2.41. The van der Waals surface area contributed by atoms with Crippen LogP contribution in [0.15, 0.2) is 0 Å². The maximum atomic E-state index is 13.4. The molecule has 1 fully saturated rings. The number of hydrogen-bond acceptors (Lipinski definition) is 5. The van der Waals surface area contributed by atoms with E-state index < -0.39 is 27.4 Å². The highest BCUT2D eigenvalue weighted by molar-refractivity contribution is 7.90. The quantitative estimate of drug-likeness (QED) is 0.693. The lowest BCUT2D eigenvalue weighted by molar-refractivity contribution is -0.147. The number of esters is 1. The van der Waals surface area contributed by atoms with E-state index >= 15 is 0 Å². The van der Waals surface area contributed by atoms with E-state index in [1.54, 1.807) is 18.7 Å². The van der Waals surface area contributed by atoms with Crippen LogP contribution in [-0.4, -0.2) is 63.5 Å². The smallest absolute Gasteiger partial charge is 0.341 e. The van der Waals surface area contributed by atoms with Crippen molar-refractivity contribution in [2.45, 2.75) is 37.7 Å². The lowest BCUT2D eigenvalue weighted by Gasteiger charge is -2.18. The largest absolute Gasteiger partial charge is 0.467 e. The number of nitrogens with one attached hydrogen (secondary N) is 1. The fourth-order valence-corrected chi connectivity index (χ4v) is 3.74. The number of rotatable bonds is 6. The second-order valence-corrected chi connectivity index (χ2v) is 6.97. The summed E-state index contributed by atoms with van der Waals surface area (Å²) < 4.78 is 44.1. The molecule has 0 aliphatic carbocycles. The average Bonchev–Trinajstić information content (AvgIpc) is 2.75. The van der Waals surface area contributed by atoms with Gasteiger partial charge in [-0.1, -0.05) is 0 Å². The monoisotopic (exact) mass is 296 g/mol. The SMILES string of the molecule is COC(=O)[C@@H](F)CN1CC[C@H](S(=O)(=O)NC(C)C)C1. The van der Waals surface area contributed by atoms with Crippen LogP contribution < -0.4 is 4.72 Å². The molecule has 0 unspecified atom stereocenters. The van der Waals surface area contributed by atoms with Crippen molar-refractivity contribution in [3.63, 3.8) is 0 Å². The summed E-state index contributed by atoms with van der Waals surface area (Å²) in [6, 6.07) is -0.164. The van der Waals surface area contributed by atoms with Gasteiger partial charge in [-0.25, -0.2) is 22.3 Å². The molecule has 0 radical (unpaired) electrons. The topological polar surface area (TPSA) is 75.7 Å². The van der Waals surface area contributed by atoms with Crippen LogP contribution >= 0.6 is 0 Å². The molecule has 1 N–H and O–H groups in total. The number of alkyl halides is 1. The number of halogens is 1. The Hall–Kier alpha value is -0.730. The van der Waals surface area contributed by atoms with Crippen molar-refractivity contribution in [3.05, 3.63) is 0 Å². The van der Waals surface area contributed by atoms with E-state index in [2.05, 4.69) is 9.46 Å². The van der Waals surface area contributed by atoms with Crippen LogP contribution in [0.3, 0.4) is 0 Å². The van der Waals surface area contributed by atoms with Crippen LogP contribution in [0.4, 0.5) is 4.39 Å². The minimum atomic E-state index is -3.38. The Labute approximate surface area is 113 Å². The molecule has 6 nitrogen and oxygen atoms in total. The van der Waals surface area contributed by atoms with Crippen LogP contribution in [0.25, 0.3) is 0 Å². The van der Waals surface area contributed by atoms with Crippen LogP contribution in [0, 0.1) is 0 Å². The van der Waals surface area contributed by atoms with E-state index in [4.69, 9.17) is 0 Å². The van der Waals surface area contributed by atoms with Gasteiger partial charge in [0.25, 0.3) is 0 Å². The minimum absolute atomic E-state index is 0.125. The summed E-state index contributed by atoms with van der Waals surface area (Å²) in [6.07, 6.45) is -1.29. The highest BCUT2D eigenvalue weighted by Gasteiger charge is 2.35. The standard InChI is InChI=1S/C11H21FN2O4S/c1-8(2)13-19(16,17)9-4-5-14(6-9)7-10(12)11(15)18-3/h8-10,13H,4-7H2,1-3H3/t9-,10-/m0/s1. The molecule has 1 saturated heterocycles. The third kappa shape index (κ3) is 4.70. The first kappa shape index (κ1) is 16.3. The third-order valence-electron chi connectivity index (χ3n) is 2.94. The molecule has 0 saturated carbocycles.